The molecule has 202 valence electrons. The Labute approximate surface area is 215 Å². The smallest absolute Gasteiger partial charge is 0.310 e. The minimum Gasteiger partial charge on any atom is -0.494 e. The third-order valence-corrected chi connectivity index (χ3v) is 7.38. The highest BCUT2D eigenvalue weighted by atomic mass is 19.1. The van der Waals surface area contributed by atoms with Crippen molar-refractivity contribution in [3.05, 3.63) is 29.6 Å². The van der Waals surface area contributed by atoms with Crippen molar-refractivity contribution in [2.24, 2.45) is 11.8 Å². The van der Waals surface area contributed by atoms with Crippen molar-refractivity contribution in [1.82, 2.24) is 15.5 Å². The number of likely N-dealkylation sites (tertiary alicyclic amines) is 1. The van der Waals surface area contributed by atoms with Gasteiger partial charge in [0.1, 0.15) is 18.1 Å². The van der Waals surface area contributed by atoms with E-state index in [2.05, 4.69) is 10.6 Å². The molecular weight excluding hydrogens is 485 g/mol. The average Bonchev–Trinajstić information content (AvgIpc) is 3.57. The Morgan fingerprint density at radius 3 is 2.68 bits per heavy atom. The molecule has 1 saturated carbocycles. The first-order valence-electron chi connectivity index (χ1n) is 12.7. The van der Waals surface area contributed by atoms with Crippen LogP contribution in [0.4, 0.5) is 4.39 Å². The SMILES string of the molecule is CCO[C@@H]1OC(=O)C[C@H]1NC(=O)[C@@H]1[C@@H]2CC[C@@H](C2)N1C(=O)[C@@H](NC(=O)c1cccc(OC)c1F)C(C)C. The summed E-state index contributed by atoms with van der Waals surface area (Å²) in [7, 11) is 1.30. The molecule has 10 nitrogen and oxygen atoms in total. The van der Waals surface area contributed by atoms with Gasteiger partial charge >= 0.3 is 5.97 Å². The molecule has 1 aliphatic carbocycles. The van der Waals surface area contributed by atoms with Crippen LogP contribution in [-0.4, -0.2) is 72.8 Å². The van der Waals surface area contributed by atoms with Crippen molar-refractivity contribution in [2.45, 2.75) is 76.9 Å². The van der Waals surface area contributed by atoms with E-state index in [0.29, 0.717) is 13.0 Å². The van der Waals surface area contributed by atoms with E-state index in [1.807, 2.05) is 0 Å². The van der Waals surface area contributed by atoms with Gasteiger partial charge in [-0.25, -0.2) is 4.39 Å². The zero-order valence-electron chi connectivity index (χ0n) is 21.5. The van der Waals surface area contributed by atoms with Crippen LogP contribution in [0.1, 0.15) is 56.8 Å². The number of benzene rings is 1. The largest absolute Gasteiger partial charge is 0.494 e. The number of halogens is 1. The zero-order valence-corrected chi connectivity index (χ0v) is 21.5. The highest BCUT2D eigenvalue weighted by molar-refractivity contribution is 5.99. The number of methoxy groups -OCH3 is 1. The average molecular weight is 520 g/mol. The standard InChI is InChI=1S/C26H34FN3O7/c1-5-36-26-17(12-19(31)37-26)28-24(33)22-14-9-10-15(11-14)30(22)25(34)21(13(2)3)29-23(32)16-7-6-8-18(35-4)20(16)27/h6-8,13-15,17,21-22,26H,5,9-12H2,1-4H3,(H,28,33)(H,29,32)/t14-,15+,17-,21+,22+,26-/m1/s1. The van der Waals surface area contributed by atoms with Crippen molar-refractivity contribution in [3.8, 4) is 5.75 Å². The van der Waals surface area contributed by atoms with Crippen LogP contribution in [0, 0.1) is 17.7 Å². The van der Waals surface area contributed by atoms with Gasteiger partial charge in [-0.3, -0.25) is 19.2 Å². The van der Waals surface area contributed by atoms with Gasteiger partial charge in [0.2, 0.25) is 18.1 Å². The fraction of sp³-hybridized carbons (Fsp3) is 0.615. The minimum atomic E-state index is -0.972. The maximum absolute atomic E-state index is 14.7. The monoisotopic (exact) mass is 519 g/mol. The van der Waals surface area contributed by atoms with E-state index >= 15 is 0 Å². The van der Waals surface area contributed by atoms with Gasteiger partial charge < -0.3 is 29.7 Å². The fourth-order valence-corrected chi connectivity index (χ4v) is 5.62. The number of ether oxygens (including phenoxy) is 3. The quantitative estimate of drug-likeness (QED) is 0.477. The van der Waals surface area contributed by atoms with E-state index < -0.39 is 42.1 Å². The fourth-order valence-electron chi connectivity index (χ4n) is 5.62. The topological polar surface area (TPSA) is 123 Å². The molecule has 2 bridgehead atoms. The summed E-state index contributed by atoms with van der Waals surface area (Å²) in [6.45, 7) is 5.64. The first-order valence-corrected chi connectivity index (χ1v) is 12.7. The molecule has 2 aliphatic heterocycles. The van der Waals surface area contributed by atoms with E-state index in [1.54, 1.807) is 25.7 Å². The molecule has 0 radical (unpaired) electrons. The number of hydrogen-bond donors (Lipinski definition) is 2. The van der Waals surface area contributed by atoms with Crippen LogP contribution in [0.3, 0.4) is 0 Å². The number of rotatable bonds is 9. The van der Waals surface area contributed by atoms with E-state index in [4.69, 9.17) is 14.2 Å². The third-order valence-electron chi connectivity index (χ3n) is 7.38. The number of piperidine rings is 1. The normalized spacial score (nSPS) is 27.2. The van der Waals surface area contributed by atoms with Crippen LogP contribution in [0.5, 0.6) is 5.75 Å². The molecule has 1 aromatic rings. The summed E-state index contributed by atoms with van der Waals surface area (Å²) in [6, 6.07) is 1.73. The summed E-state index contributed by atoms with van der Waals surface area (Å²) in [6.07, 6.45) is 1.36. The van der Waals surface area contributed by atoms with Gasteiger partial charge in [-0.1, -0.05) is 19.9 Å². The number of amides is 3. The maximum Gasteiger partial charge on any atom is 0.310 e. The summed E-state index contributed by atoms with van der Waals surface area (Å²) in [5, 5.41) is 5.54. The molecule has 11 heteroatoms. The van der Waals surface area contributed by atoms with Gasteiger partial charge in [0, 0.05) is 12.6 Å². The molecule has 0 unspecified atom stereocenters. The first-order chi connectivity index (χ1) is 17.7. The van der Waals surface area contributed by atoms with Gasteiger partial charge in [0.05, 0.1) is 19.1 Å². The molecule has 0 aromatic heterocycles. The predicted molar refractivity (Wildman–Crippen MR) is 129 cm³/mol. The molecule has 6 atom stereocenters. The lowest BCUT2D eigenvalue weighted by Gasteiger charge is -2.38. The number of esters is 1. The zero-order chi connectivity index (χ0) is 26.9. The molecule has 2 heterocycles. The Bertz CT molecular complexity index is 1060. The molecule has 2 N–H and O–H groups in total. The summed E-state index contributed by atoms with van der Waals surface area (Å²) in [5.74, 6) is -3.21. The molecule has 3 fully saturated rings. The molecule has 4 rings (SSSR count). The molecule has 3 amide bonds. The van der Waals surface area contributed by atoms with E-state index in [9.17, 15) is 23.6 Å². The number of carbonyl (C=O) groups excluding carboxylic acids is 4. The summed E-state index contributed by atoms with van der Waals surface area (Å²) in [5.41, 5.74) is -0.233. The summed E-state index contributed by atoms with van der Waals surface area (Å²) in [4.78, 5) is 53.6. The number of carbonyl (C=O) groups is 4. The van der Waals surface area contributed by atoms with Gasteiger partial charge in [0.15, 0.2) is 11.6 Å². The van der Waals surface area contributed by atoms with Gasteiger partial charge in [-0.15, -0.1) is 0 Å². The van der Waals surface area contributed by atoms with Crippen LogP contribution >= 0.6 is 0 Å². The molecule has 3 aliphatic rings. The number of nitrogens with one attached hydrogen (secondary N) is 2. The molecule has 0 spiro atoms. The maximum atomic E-state index is 14.7. The lowest BCUT2D eigenvalue weighted by Crippen LogP contribution is -2.60. The van der Waals surface area contributed by atoms with E-state index in [1.165, 1.54) is 25.3 Å². The second-order valence-electron chi connectivity index (χ2n) is 10.1. The molecular formula is C26H34FN3O7. The van der Waals surface area contributed by atoms with Gasteiger partial charge in [-0.2, -0.15) is 0 Å². The van der Waals surface area contributed by atoms with E-state index in [-0.39, 0.29) is 47.4 Å². The van der Waals surface area contributed by atoms with Crippen molar-refractivity contribution in [1.29, 1.82) is 0 Å². The number of cyclic esters (lactones) is 1. The van der Waals surface area contributed by atoms with Crippen LogP contribution in [-0.2, 0) is 23.9 Å². The van der Waals surface area contributed by atoms with Crippen LogP contribution in [0.2, 0.25) is 0 Å². The second kappa shape index (κ2) is 11.0. The van der Waals surface area contributed by atoms with Gasteiger partial charge in [0.25, 0.3) is 5.91 Å². The predicted octanol–water partition coefficient (Wildman–Crippen LogP) is 1.76. The van der Waals surface area contributed by atoms with Crippen molar-refractivity contribution in [2.75, 3.05) is 13.7 Å². The Kier molecular flexibility index (Phi) is 8.01. The van der Waals surface area contributed by atoms with Crippen molar-refractivity contribution in [3.63, 3.8) is 0 Å². The van der Waals surface area contributed by atoms with Crippen LogP contribution in [0.25, 0.3) is 0 Å². The van der Waals surface area contributed by atoms with Crippen molar-refractivity contribution >= 4 is 23.7 Å². The highest BCUT2D eigenvalue weighted by Gasteiger charge is 2.53. The van der Waals surface area contributed by atoms with E-state index in [0.717, 1.165) is 12.8 Å². The number of hydrogen-bond acceptors (Lipinski definition) is 7. The lowest BCUT2D eigenvalue weighted by molar-refractivity contribution is -0.165. The van der Waals surface area contributed by atoms with Crippen molar-refractivity contribution < 1.29 is 37.8 Å². The molecule has 1 aromatic carbocycles. The van der Waals surface area contributed by atoms with Crippen LogP contribution < -0.4 is 15.4 Å². The minimum absolute atomic E-state index is 0.0120. The highest BCUT2D eigenvalue weighted by Crippen LogP contribution is 2.43. The lowest BCUT2D eigenvalue weighted by atomic mass is 9.95. The Balaban J connectivity index is 1.52. The first kappa shape index (κ1) is 26.8. The number of fused-ring (bicyclic) bond motifs is 2. The van der Waals surface area contributed by atoms with Crippen LogP contribution in [0.15, 0.2) is 18.2 Å². The van der Waals surface area contributed by atoms with Gasteiger partial charge in [-0.05, 0) is 50.2 Å². The Morgan fingerprint density at radius 1 is 1.24 bits per heavy atom. The number of nitrogens with zero attached hydrogens (tertiary/aromatic N) is 1. The summed E-state index contributed by atoms with van der Waals surface area (Å²) < 4.78 is 30.3. The second-order valence-corrected chi connectivity index (χ2v) is 10.1. The Hall–Kier alpha value is -3.21. The molecule has 2 saturated heterocycles. The molecule has 37 heavy (non-hydrogen) atoms. The Morgan fingerprint density at radius 2 is 2.00 bits per heavy atom. The summed E-state index contributed by atoms with van der Waals surface area (Å²) >= 11 is 0. The third kappa shape index (κ3) is 5.27.